The minimum atomic E-state index is -0.635. The van der Waals surface area contributed by atoms with Crippen LogP contribution >= 0.6 is 0 Å². The van der Waals surface area contributed by atoms with E-state index in [-0.39, 0.29) is 17.4 Å². The predicted octanol–water partition coefficient (Wildman–Crippen LogP) is 2.63. The molecular weight excluding hydrogens is 424 g/mol. The number of imidazole rings is 1. The zero-order chi connectivity index (χ0) is 24.0. The van der Waals surface area contributed by atoms with E-state index in [0.717, 1.165) is 19.6 Å². The highest BCUT2D eigenvalue weighted by Gasteiger charge is 2.18. The van der Waals surface area contributed by atoms with Crippen molar-refractivity contribution in [3.63, 3.8) is 0 Å². The highest BCUT2D eigenvalue weighted by molar-refractivity contribution is 6.09. The first-order chi connectivity index (χ1) is 15.6. The van der Waals surface area contributed by atoms with Crippen molar-refractivity contribution in [3.8, 4) is 0 Å². The van der Waals surface area contributed by atoms with Gasteiger partial charge < -0.3 is 24.9 Å². The van der Waals surface area contributed by atoms with Crippen molar-refractivity contribution < 1.29 is 14.3 Å². The van der Waals surface area contributed by atoms with Crippen LogP contribution in [0.2, 0.25) is 0 Å². The Balaban J connectivity index is 1.69. The Morgan fingerprint density at radius 3 is 2.36 bits per heavy atom. The molecule has 2 aromatic rings. The number of carbonyl (C=O) groups is 2. The Hall–Kier alpha value is -3.40. The van der Waals surface area contributed by atoms with Crippen LogP contribution in [0.5, 0.6) is 0 Å². The highest BCUT2D eigenvalue weighted by Crippen LogP contribution is 2.14. The molecule has 10 heteroatoms. The molecule has 10 nitrogen and oxygen atoms in total. The van der Waals surface area contributed by atoms with Crippen LogP contribution in [0, 0.1) is 6.92 Å². The van der Waals surface area contributed by atoms with E-state index in [1.165, 1.54) is 12.8 Å². The lowest BCUT2D eigenvalue weighted by molar-refractivity contribution is 0.0562. The summed E-state index contributed by atoms with van der Waals surface area (Å²) in [7, 11) is 0. The maximum absolute atomic E-state index is 12.6. The van der Waals surface area contributed by atoms with Crippen LogP contribution in [0.4, 0.5) is 10.5 Å². The van der Waals surface area contributed by atoms with Crippen LogP contribution in [0.25, 0.3) is 0 Å². The van der Waals surface area contributed by atoms with Crippen molar-refractivity contribution in [1.82, 2.24) is 20.2 Å². The maximum Gasteiger partial charge on any atom is 0.414 e. The van der Waals surface area contributed by atoms with Gasteiger partial charge in [0.25, 0.3) is 0 Å². The average Bonchev–Trinajstić information content (AvgIpc) is 3.35. The number of carbonyl (C=O) groups excluding carboxylic acids is 2. The minimum absolute atomic E-state index is 0.233. The summed E-state index contributed by atoms with van der Waals surface area (Å²) in [6.45, 7) is 10.5. The summed E-state index contributed by atoms with van der Waals surface area (Å²) in [4.78, 5) is 48.3. The number of benzene rings is 1. The number of aryl methyl sites for hydroxylation is 1. The number of hydrogen-bond acceptors (Lipinski definition) is 6. The van der Waals surface area contributed by atoms with Crippen molar-refractivity contribution >= 4 is 23.5 Å². The molecule has 0 radical (unpaired) electrons. The smallest absolute Gasteiger partial charge is 0.414 e. The molecule has 1 aliphatic rings. The number of aliphatic imine (C=N–C) groups is 1. The third-order valence-corrected chi connectivity index (χ3v) is 5.06. The van der Waals surface area contributed by atoms with Crippen molar-refractivity contribution in [3.05, 3.63) is 51.7 Å². The van der Waals surface area contributed by atoms with Crippen LogP contribution < -0.4 is 16.3 Å². The van der Waals surface area contributed by atoms with Crippen molar-refractivity contribution in [2.45, 2.75) is 46.1 Å². The summed E-state index contributed by atoms with van der Waals surface area (Å²) in [6.07, 6.45) is 1.80. The van der Waals surface area contributed by atoms with Crippen LogP contribution in [-0.4, -0.2) is 64.5 Å². The van der Waals surface area contributed by atoms with Crippen molar-refractivity contribution in [2.75, 3.05) is 31.5 Å². The van der Waals surface area contributed by atoms with E-state index >= 15 is 0 Å². The van der Waals surface area contributed by atoms with Crippen LogP contribution in [0.1, 0.15) is 55.4 Å². The van der Waals surface area contributed by atoms with E-state index in [2.05, 4.69) is 30.5 Å². The molecule has 3 rings (SSSR count). The van der Waals surface area contributed by atoms with Gasteiger partial charge in [0.15, 0.2) is 0 Å². The number of nitrogens with zero attached hydrogens (tertiary/aromatic N) is 2. The molecule has 1 fully saturated rings. The summed E-state index contributed by atoms with van der Waals surface area (Å²) < 4.78 is 5.34. The Bertz CT molecular complexity index is 1060. The highest BCUT2D eigenvalue weighted by atomic mass is 16.6. The number of ether oxygens (including phenoxy) is 1. The van der Waals surface area contributed by atoms with Gasteiger partial charge in [-0.05, 0) is 77.9 Å². The Morgan fingerprint density at radius 1 is 1.12 bits per heavy atom. The molecule has 1 aromatic carbocycles. The fourth-order valence-corrected chi connectivity index (χ4v) is 3.50. The van der Waals surface area contributed by atoms with Gasteiger partial charge in [-0.25, -0.2) is 9.59 Å². The first-order valence-electron chi connectivity index (χ1n) is 11.1. The van der Waals surface area contributed by atoms with Gasteiger partial charge in [-0.1, -0.05) is 0 Å². The first-order valence-corrected chi connectivity index (χ1v) is 11.1. The minimum Gasteiger partial charge on any atom is -0.444 e. The number of likely N-dealkylation sites (tertiary alicyclic amines) is 1. The van der Waals surface area contributed by atoms with E-state index in [9.17, 15) is 14.4 Å². The fraction of sp³-hybridized carbons (Fsp3) is 0.478. The topological polar surface area (TPSA) is 132 Å². The van der Waals surface area contributed by atoms with E-state index in [1.54, 1.807) is 52.0 Å². The van der Waals surface area contributed by atoms with Gasteiger partial charge in [0.05, 0.1) is 6.54 Å². The van der Waals surface area contributed by atoms with Gasteiger partial charge in [-0.3, -0.25) is 15.1 Å². The lowest BCUT2D eigenvalue weighted by Crippen LogP contribution is -2.40. The summed E-state index contributed by atoms with van der Waals surface area (Å²) >= 11 is 0. The molecule has 33 heavy (non-hydrogen) atoms. The first kappa shape index (κ1) is 24.2. The number of guanidine groups is 1. The molecule has 0 spiro atoms. The number of rotatable bonds is 6. The molecule has 1 aliphatic heterocycles. The van der Waals surface area contributed by atoms with E-state index in [0.29, 0.717) is 23.5 Å². The molecule has 4 N–H and O–H groups in total. The summed E-state index contributed by atoms with van der Waals surface area (Å²) in [5.74, 6) is -0.0166. The number of hydrogen-bond donors (Lipinski definition) is 4. The van der Waals surface area contributed by atoms with Gasteiger partial charge in [-0.15, -0.1) is 0 Å². The van der Waals surface area contributed by atoms with Crippen LogP contribution in [0.15, 0.2) is 34.1 Å². The van der Waals surface area contributed by atoms with Crippen molar-refractivity contribution in [2.24, 2.45) is 4.99 Å². The van der Waals surface area contributed by atoms with Gasteiger partial charge in [0, 0.05) is 23.5 Å². The summed E-state index contributed by atoms with van der Waals surface area (Å²) in [6, 6.07) is 6.70. The second-order valence-electron chi connectivity index (χ2n) is 9.02. The lowest BCUT2D eigenvalue weighted by atomic mass is 10.1. The summed E-state index contributed by atoms with van der Waals surface area (Å²) in [5, 5.41) is 5.76. The van der Waals surface area contributed by atoms with E-state index < -0.39 is 17.4 Å². The second-order valence-corrected chi connectivity index (χ2v) is 9.02. The number of aromatic amines is 2. The molecule has 1 amide bonds. The number of alkyl carbamates (subject to hydrolysis) is 1. The quantitative estimate of drug-likeness (QED) is 0.300. The number of H-pyrrole nitrogens is 2. The third-order valence-electron chi connectivity index (χ3n) is 5.06. The second kappa shape index (κ2) is 10.5. The Morgan fingerprint density at radius 2 is 1.79 bits per heavy atom. The molecular formula is C23H32N6O4. The molecule has 0 unspecified atom stereocenters. The van der Waals surface area contributed by atoms with Crippen LogP contribution in [0.3, 0.4) is 0 Å². The SMILES string of the molecule is Cc1[nH]c(=O)[nH]c1C(=O)c1ccc(NC(=NCCN2CCCC2)NC(=O)OC(C)(C)C)cc1. The van der Waals surface area contributed by atoms with E-state index in [4.69, 9.17) is 4.74 Å². The van der Waals surface area contributed by atoms with Gasteiger partial charge >= 0.3 is 11.8 Å². The number of anilines is 1. The number of amides is 1. The van der Waals surface area contributed by atoms with Gasteiger partial charge in [0.2, 0.25) is 11.7 Å². The zero-order valence-corrected chi connectivity index (χ0v) is 19.6. The molecule has 1 saturated heterocycles. The zero-order valence-electron chi connectivity index (χ0n) is 19.6. The molecule has 1 aromatic heterocycles. The van der Waals surface area contributed by atoms with E-state index in [1.807, 2.05) is 0 Å². The van der Waals surface area contributed by atoms with Crippen molar-refractivity contribution in [1.29, 1.82) is 0 Å². The Kier molecular flexibility index (Phi) is 7.70. The molecule has 2 heterocycles. The predicted molar refractivity (Wildman–Crippen MR) is 127 cm³/mol. The monoisotopic (exact) mass is 456 g/mol. The average molecular weight is 457 g/mol. The van der Waals surface area contributed by atoms with Gasteiger partial charge in [-0.2, -0.15) is 0 Å². The molecule has 0 saturated carbocycles. The van der Waals surface area contributed by atoms with Crippen LogP contribution in [-0.2, 0) is 4.74 Å². The molecule has 0 bridgehead atoms. The summed E-state index contributed by atoms with van der Waals surface area (Å²) in [5.41, 5.74) is 0.729. The molecule has 178 valence electrons. The molecule has 0 atom stereocenters. The molecule has 0 aliphatic carbocycles. The largest absolute Gasteiger partial charge is 0.444 e. The number of aromatic nitrogens is 2. The standard InChI is InChI=1S/C23H32N6O4/c1-15-18(27-21(31)25-15)19(30)16-7-9-17(10-8-16)26-20(28-22(32)33-23(2,3)4)24-11-14-29-12-5-6-13-29/h7-10H,5-6,11-14H2,1-4H3,(H2,25,27,31)(H2,24,26,28,32). The number of nitrogens with one attached hydrogen (secondary N) is 4. The number of ketones is 1. The maximum atomic E-state index is 12.6. The van der Waals surface area contributed by atoms with Gasteiger partial charge in [0.1, 0.15) is 11.3 Å². The third kappa shape index (κ3) is 7.31. The normalized spacial score (nSPS) is 14.8. The lowest BCUT2D eigenvalue weighted by Gasteiger charge is -2.20. The fourth-order valence-electron chi connectivity index (χ4n) is 3.50. The Labute approximate surface area is 192 Å².